The van der Waals surface area contributed by atoms with Crippen molar-refractivity contribution in [2.75, 3.05) is 0 Å². The van der Waals surface area contributed by atoms with Crippen molar-refractivity contribution in [2.24, 2.45) is 5.11 Å². The third-order valence-electron chi connectivity index (χ3n) is 4.30. The van der Waals surface area contributed by atoms with Gasteiger partial charge < -0.3 is 0 Å². The second-order valence-corrected chi connectivity index (χ2v) is 8.00. The van der Waals surface area contributed by atoms with Gasteiger partial charge in [-0.3, -0.25) is 0 Å². The summed E-state index contributed by atoms with van der Waals surface area (Å²) in [5, 5.41) is 4.06. The van der Waals surface area contributed by atoms with E-state index < -0.39 is 0 Å². The first-order valence-corrected chi connectivity index (χ1v) is 10.7. The van der Waals surface area contributed by atoms with E-state index >= 15 is 0 Å². The molecule has 4 heteroatoms. The lowest BCUT2D eigenvalue weighted by Gasteiger charge is -2.18. The Hall–Kier alpha value is 0.0400. The Bertz CT molecular complexity index is 278. The van der Waals surface area contributed by atoms with Crippen LogP contribution in [-0.4, -0.2) is 9.97 Å². The predicted molar refractivity (Wildman–Crippen MR) is 107 cm³/mol. The molecule has 2 atom stereocenters. The second kappa shape index (κ2) is 17.4. The summed E-state index contributed by atoms with van der Waals surface area (Å²) < 4.78 is 0.510. The van der Waals surface area contributed by atoms with Gasteiger partial charge in [0.05, 0.1) is 0 Å². The molecule has 0 bridgehead atoms. The van der Waals surface area contributed by atoms with Gasteiger partial charge in [0.2, 0.25) is 0 Å². The van der Waals surface area contributed by atoms with Crippen molar-refractivity contribution in [3.05, 3.63) is 10.4 Å². The maximum atomic E-state index is 8.78. The largest absolute Gasteiger partial charge is 0.0895 e. The molecule has 0 fully saturated rings. The Balaban J connectivity index is 3.77. The number of hydrogen-bond donors (Lipinski definition) is 0. The van der Waals surface area contributed by atoms with Gasteiger partial charge >= 0.3 is 0 Å². The Morgan fingerprint density at radius 2 is 1.23 bits per heavy atom. The van der Waals surface area contributed by atoms with Crippen LogP contribution in [0.4, 0.5) is 0 Å². The fourth-order valence-electron chi connectivity index (χ4n) is 2.82. The van der Waals surface area contributed by atoms with Crippen LogP contribution < -0.4 is 0 Å². The number of unbranched alkanes of at least 4 members (excludes halogenated alkanes) is 10. The van der Waals surface area contributed by atoms with Crippen LogP contribution in [0, 0.1) is 0 Å². The van der Waals surface area contributed by atoms with Gasteiger partial charge in [0.1, 0.15) is 0 Å². The molecular weight excluding hydrogens is 385 g/mol. The minimum absolute atomic E-state index is 0.201. The molecule has 0 aliphatic carbocycles. The molecule has 0 radical (unpaired) electrons. The molecule has 2 unspecified atom stereocenters. The Labute approximate surface area is 151 Å². The number of rotatable bonds is 16. The molecule has 0 amide bonds. The lowest BCUT2D eigenvalue weighted by molar-refractivity contribution is 0.500. The molecule has 0 saturated carbocycles. The summed E-state index contributed by atoms with van der Waals surface area (Å²) >= 11 is 2.50. The lowest BCUT2D eigenvalue weighted by Crippen LogP contribution is -2.18. The van der Waals surface area contributed by atoms with Gasteiger partial charge in [-0.1, -0.05) is 119 Å². The Morgan fingerprint density at radius 1 is 0.773 bits per heavy atom. The summed E-state index contributed by atoms with van der Waals surface area (Å²) in [6.45, 7) is 4.51. The van der Waals surface area contributed by atoms with Crippen LogP contribution in [0.2, 0.25) is 0 Å². The minimum atomic E-state index is 0.201. The summed E-state index contributed by atoms with van der Waals surface area (Å²) in [6, 6.07) is 0.201. The molecule has 0 heterocycles. The van der Waals surface area contributed by atoms with Crippen molar-refractivity contribution >= 4 is 22.6 Å². The van der Waals surface area contributed by atoms with E-state index in [4.69, 9.17) is 5.53 Å². The van der Waals surface area contributed by atoms with Crippen LogP contribution in [-0.2, 0) is 0 Å². The second-order valence-electron chi connectivity index (χ2n) is 6.40. The fraction of sp³-hybridized carbons (Fsp3) is 1.00. The molecule has 3 nitrogen and oxygen atoms in total. The quantitative estimate of drug-likeness (QED) is 0.0606. The van der Waals surface area contributed by atoms with E-state index in [2.05, 4.69) is 46.5 Å². The zero-order valence-electron chi connectivity index (χ0n) is 14.8. The van der Waals surface area contributed by atoms with Crippen molar-refractivity contribution < 1.29 is 0 Å². The SMILES string of the molecule is CCCCCCCCC(I)C(CCCCCCCC)N=[N+]=[N-]. The summed E-state index contributed by atoms with van der Waals surface area (Å²) in [5.41, 5.74) is 8.78. The molecule has 0 saturated heterocycles. The average molecular weight is 421 g/mol. The monoisotopic (exact) mass is 421 g/mol. The van der Waals surface area contributed by atoms with Gasteiger partial charge in [0, 0.05) is 14.9 Å². The summed E-state index contributed by atoms with van der Waals surface area (Å²) in [6.07, 6.45) is 18.1. The van der Waals surface area contributed by atoms with Gasteiger partial charge in [-0.2, -0.15) is 0 Å². The highest BCUT2D eigenvalue weighted by molar-refractivity contribution is 14.1. The zero-order chi connectivity index (χ0) is 16.5. The molecule has 0 rings (SSSR count). The van der Waals surface area contributed by atoms with Crippen LogP contribution in [0.3, 0.4) is 0 Å². The van der Waals surface area contributed by atoms with E-state index in [1.54, 1.807) is 0 Å². The number of halogens is 1. The first-order chi connectivity index (χ1) is 10.8. The molecule has 22 heavy (non-hydrogen) atoms. The van der Waals surface area contributed by atoms with Crippen molar-refractivity contribution in [1.82, 2.24) is 0 Å². The van der Waals surface area contributed by atoms with Crippen molar-refractivity contribution in [1.29, 1.82) is 0 Å². The molecule has 0 aromatic carbocycles. The molecule has 0 aliphatic heterocycles. The highest BCUT2D eigenvalue weighted by atomic mass is 127. The van der Waals surface area contributed by atoms with E-state index in [1.165, 1.54) is 83.5 Å². The number of hydrogen-bond acceptors (Lipinski definition) is 1. The number of azide groups is 1. The molecule has 0 aromatic heterocycles. The first-order valence-electron chi connectivity index (χ1n) is 9.44. The number of nitrogens with zero attached hydrogens (tertiary/aromatic N) is 3. The average Bonchev–Trinajstić information content (AvgIpc) is 2.52. The zero-order valence-corrected chi connectivity index (χ0v) is 16.9. The molecule has 130 valence electrons. The van der Waals surface area contributed by atoms with E-state index in [0.29, 0.717) is 3.92 Å². The highest BCUT2D eigenvalue weighted by Crippen LogP contribution is 2.23. The highest BCUT2D eigenvalue weighted by Gasteiger charge is 2.16. The van der Waals surface area contributed by atoms with E-state index in [-0.39, 0.29) is 6.04 Å². The first kappa shape index (κ1) is 22.0. The summed E-state index contributed by atoms with van der Waals surface area (Å²) in [5.74, 6) is 0. The normalized spacial score (nSPS) is 13.6. The molecule has 0 spiro atoms. The van der Waals surface area contributed by atoms with E-state index in [1.807, 2.05) is 0 Å². The molecule has 0 aliphatic rings. The van der Waals surface area contributed by atoms with Gasteiger partial charge in [0.15, 0.2) is 0 Å². The Kier molecular flexibility index (Phi) is 17.4. The van der Waals surface area contributed by atoms with Crippen LogP contribution in [0.1, 0.15) is 104 Å². The maximum Gasteiger partial charge on any atom is 0.0491 e. The molecular formula is C18H36IN3. The molecule has 0 aromatic rings. The van der Waals surface area contributed by atoms with Crippen molar-refractivity contribution in [3.8, 4) is 0 Å². The standard InChI is InChI=1S/C18H36IN3/c1-3-5-7-9-11-13-15-17(19)18(21-22-20)16-14-12-10-8-6-4-2/h17-18H,3-16H2,1-2H3. The van der Waals surface area contributed by atoms with E-state index in [9.17, 15) is 0 Å². The fourth-order valence-corrected chi connectivity index (χ4v) is 3.77. The van der Waals surface area contributed by atoms with Crippen LogP contribution in [0.15, 0.2) is 5.11 Å². The van der Waals surface area contributed by atoms with Gasteiger partial charge in [-0.15, -0.1) is 0 Å². The van der Waals surface area contributed by atoms with Gasteiger partial charge in [0.25, 0.3) is 0 Å². The topological polar surface area (TPSA) is 48.8 Å². The summed E-state index contributed by atoms with van der Waals surface area (Å²) in [4.78, 5) is 3.07. The van der Waals surface area contributed by atoms with Gasteiger partial charge in [-0.05, 0) is 18.4 Å². The van der Waals surface area contributed by atoms with Gasteiger partial charge in [-0.25, -0.2) is 0 Å². The minimum Gasteiger partial charge on any atom is -0.0895 e. The third kappa shape index (κ3) is 13.7. The van der Waals surface area contributed by atoms with Crippen LogP contribution in [0.5, 0.6) is 0 Å². The van der Waals surface area contributed by atoms with Crippen molar-refractivity contribution in [3.63, 3.8) is 0 Å². The number of alkyl halides is 1. The smallest absolute Gasteiger partial charge is 0.0491 e. The van der Waals surface area contributed by atoms with Crippen LogP contribution in [0.25, 0.3) is 10.4 Å². The third-order valence-corrected chi connectivity index (χ3v) is 5.76. The maximum absolute atomic E-state index is 8.78. The summed E-state index contributed by atoms with van der Waals surface area (Å²) in [7, 11) is 0. The van der Waals surface area contributed by atoms with Crippen LogP contribution >= 0.6 is 22.6 Å². The predicted octanol–water partition coefficient (Wildman–Crippen LogP) is 7.97. The Morgan fingerprint density at radius 3 is 1.73 bits per heavy atom. The van der Waals surface area contributed by atoms with E-state index in [0.717, 1.165) is 6.42 Å². The molecule has 0 N–H and O–H groups in total. The lowest BCUT2D eigenvalue weighted by atomic mass is 10.0. The van der Waals surface area contributed by atoms with Crippen molar-refractivity contribution in [2.45, 2.75) is 114 Å².